The van der Waals surface area contributed by atoms with Gasteiger partial charge in [0.05, 0.1) is 0 Å². The number of rotatable bonds is 3. The quantitative estimate of drug-likeness (QED) is 0.856. The predicted molar refractivity (Wildman–Crippen MR) is 91.8 cm³/mol. The number of aryl methyl sites for hydroxylation is 1. The molecule has 1 aromatic carbocycles. The highest BCUT2D eigenvalue weighted by Gasteiger charge is 2.12. The lowest BCUT2D eigenvalue weighted by atomic mass is 9.87. The van der Waals surface area contributed by atoms with Gasteiger partial charge in [-0.3, -0.25) is 4.79 Å². The van der Waals surface area contributed by atoms with Crippen molar-refractivity contribution in [3.05, 3.63) is 65.4 Å². The van der Waals surface area contributed by atoms with Crippen molar-refractivity contribution in [3.63, 3.8) is 0 Å². The Morgan fingerprint density at radius 2 is 1.82 bits per heavy atom. The van der Waals surface area contributed by atoms with Crippen LogP contribution in [0.4, 0.5) is 5.82 Å². The number of hydrogen-bond donors (Lipinski definition) is 1. The summed E-state index contributed by atoms with van der Waals surface area (Å²) in [6.07, 6.45) is 5.00. The second-order valence-corrected chi connectivity index (χ2v) is 6.36. The molecule has 0 aliphatic carbocycles. The van der Waals surface area contributed by atoms with Gasteiger partial charge in [0, 0.05) is 12.3 Å². The molecule has 2 rings (SSSR count). The zero-order chi connectivity index (χ0) is 16.2. The molecule has 1 aromatic heterocycles. The number of carbonyl (C=O) groups is 1. The molecule has 1 N–H and O–H groups in total. The SMILES string of the molecule is Cc1cccnc1NC(=O)C=Cc1ccc(C(C)(C)C)cc1. The normalized spacial score (nSPS) is 11.6. The molecule has 3 heteroatoms. The van der Waals surface area contributed by atoms with Gasteiger partial charge in [-0.2, -0.15) is 0 Å². The summed E-state index contributed by atoms with van der Waals surface area (Å²) >= 11 is 0. The summed E-state index contributed by atoms with van der Waals surface area (Å²) in [7, 11) is 0. The highest BCUT2D eigenvalue weighted by Crippen LogP contribution is 2.22. The third-order valence-electron chi connectivity index (χ3n) is 3.45. The number of nitrogens with zero attached hydrogens (tertiary/aromatic N) is 1. The van der Waals surface area contributed by atoms with Gasteiger partial charge in [-0.15, -0.1) is 0 Å². The maximum absolute atomic E-state index is 11.9. The summed E-state index contributed by atoms with van der Waals surface area (Å²) in [4.78, 5) is 16.1. The highest BCUT2D eigenvalue weighted by molar-refractivity contribution is 6.01. The molecular formula is C19H22N2O. The molecule has 0 aliphatic heterocycles. The number of anilines is 1. The Morgan fingerprint density at radius 3 is 2.41 bits per heavy atom. The van der Waals surface area contributed by atoms with Crippen LogP contribution in [0, 0.1) is 6.92 Å². The first-order valence-corrected chi connectivity index (χ1v) is 7.37. The van der Waals surface area contributed by atoms with E-state index in [0.29, 0.717) is 5.82 Å². The van der Waals surface area contributed by atoms with Crippen molar-refractivity contribution < 1.29 is 4.79 Å². The van der Waals surface area contributed by atoms with Crippen molar-refractivity contribution in [1.82, 2.24) is 4.98 Å². The fraction of sp³-hybridized carbons (Fsp3) is 0.263. The van der Waals surface area contributed by atoms with Gasteiger partial charge in [-0.25, -0.2) is 4.98 Å². The highest BCUT2D eigenvalue weighted by atomic mass is 16.1. The minimum atomic E-state index is -0.179. The van der Waals surface area contributed by atoms with E-state index in [-0.39, 0.29) is 11.3 Å². The van der Waals surface area contributed by atoms with Gasteiger partial charge < -0.3 is 5.32 Å². The monoisotopic (exact) mass is 294 g/mol. The fourth-order valence-corrected chi connectivity index (χ4v) is 2.04. The van der Waals surface area contributed by atoms with E-state index in [1.807, 2.05) is 31.2 Å². The third-order valence-corrected chi connectivity index (χ3v) is 3.45. The Hall–Kier alpha value is -2.42. The molecule has 2 aromatic rings. The van der Waals surface area contributed by atoms with Gasteiger partial charge in [0.25, 0.3) is 0 Å². The molecular weight excluding hydrogens is 272 g/mol. The molecule has 0 fully saturated rings. The lowest BCUT2D eigenvalue weighted by Crippen LogP contribution is -2.11. The first kappa shape index (κ1) is 16.0. The average Bonchev–Trinajstić information content (AvgIpc) is 2.47. The van der Waals surface area contributed by atoms with E-state index in [2.05, 4.69) is 43.2 Å². The molecule has 1 heterocycles. The molecule has 0 saturated heterocycles. The second kappa shape index (κ2) is 6.56. The molecule has 0 aliphatic rings. The summed E-state index contributed by atoms with van der Waals surface area (Å²) in [5.74, 6) is 0.418. The molecule has 0 spiro atoms. The molecule has 0 radical (unpaired) electrons. The van der Waals surface area contributed by atoms with Crippen LogP contribution in [-0.2, 0) is 10.2 Å². The maximum atomic E-state index is 11.9. The van der Waals surface area contributed by atoms with Crippen LogP contribution in [0.2, 0.25) is 0 Å². The number of carbonyl (C=O) groups excluding carboxylic acids is 1. The van der Waals surface area contributed by atoms with Gasteiger partial charge >= 0.3 is 0 Å². The number of benzene rings is 1. The lowest BCUT2D eigenvalue weighted by molar-refractivity contribution is -0.111. The number of pyridine rings is 1. The third kappa shape index (κ3) is 4.29. The topological polar surface area (TPSA) is 42.0 Å². The Kier molecular flexibility index (Phi) is 4.76. The molecule has 0 bridgehead atoms. The van der Waals surface area contributed by atoms with Gasteiger partial charge in [-0.1, -0.05) is 51.1 Å². The molecule has 0 atom stereocenters. The Labute approximate surface area is 132 Å². The summed E-state index contributed by atoms with van der Waals surface area (Å²) in [6, 6.07) is 12.0. The molecule has 0 saturated carbocycles. The van der Waals surface area contributed by atoms with E-state index in [9.17, 15) is 4.79 Å². The van der Waals surface area contributed by atoms with Crippen molar-refractivity contribution in [3.8, 4) is 0 Å². The first-order valence-electron chi connectivity index (χ1n) is 7.37. The van der Waals surface area contributed by atoms with E-state index in [1.165, 1.54) is 11.6 Å². The van der Waals surface area contributed by atoms with Crippen molar-refractivity contribution in [1.29, 1.82) is 0 Å². The fourth-order valence-electron chi connectivity index (χ4n) is 2.04. The minimum Gasteiger partial charge on any atom is -0.307 e. The molecule has 0 unspecified atom stereocenters. The van der Waals surface area contributed by atoms with Gasteiger partial charge in [0.1, 0.15) is 5.82 Å². The minimum absolute atomic E-state index is 0.135. The standard InChI is InChI=1S/C19H22N2O/c1-14-6-5-13-20-18(14)21-17(22)12-9-15-7-10-16(11-8-15)19(2,3)4/h5-13H,1-4H3,(H,20,21,22). The van der Waals surface area contributed by atoms with Crippen molar-refractivity contribution >= 4 is 17.8 Å². The molecule has 114 valence electrons. The van der Waals surface area contributed by atoms with Gasteiger partial charge in [0.15, 0.2) is 0 Å². The number of amides is 1. The predicted octanol–water partition coefficient (Wildman–Crippen LogP) is 4.34. The second-order valence-electron chi connectivity index (χ2n) is 6.36. The molecule has 22 heavy (non-hydrogen) atoms. The average molecular weight is 294 g/mol. The van der Waals surface area contributed by atoms with Crippen molar-refractivity contribution in [2.24, 2.45) is 0 Å². The van der Waals surface area contributed by atoms with Gasteiger partial charge in [0.2, 0.25) is 5.91 Å². The van der Waals surface area contributed by atoms with Crippen LogP contribution in [0.25, 0.3) is 6.08 Å². The van der Waals surface area contributed by atoms with Crippen LogP contribution in [0.15, 0.2) is 48.7 Å². The van der Waals surface area contributed by atoms with Crippen LogP contribution in [0.5, 0.6) is 0 Å². The largest absolute Gasteiger partial charge is 0.307 e. The van der Waals surface area contributed by atoms with E-state index in [0.717, 1.165) is 11.1 Å². The number of aromatic nitrogens is 1. The maximum Gasteiger partial charge on any atom is 0.249 e. The number of hydrogen-bond acceptors (Lipinski definition) is 2. The van der Waals surface area contributed by atoms with E-state index in [1.54, 1.807) is 12.3 Å². The number of nitrogens with one attached hydrogen (secondary N) is 1. The zero-order valence-electron chi connectivity index (χ0n) is 13.6. The van der Waals surface area contributed by atoms with E-state index < -0.39 is 0 Å². The van der Waals surface area contributed by atoms with Gasteiger partial charge in [-0.05, 0) is 41.2 Å². The zero-order valence-corrected chi connectivity index (χ0v) is 13.6. The molecule has 3 nitrogen and oxygen atoms in total. The smallest absolute Gasteiger partial charge is 0.249 e. The van der Waals surface area contributed by atoms with Crippen molar-refractivity contribution in [2.45, 2.75) is 33.1 Å². The molecule has 1 amide bonds. The summed E-state index contributed by atoms with van der Waals surface area (Å²) in [5, 5.41) is 2.78. The summed E-state index contributed by atoms with van der Waals surface area (Å²) < 4.78 is 0. The first-order chi connectivity index (χ1) is 10.4. The van der Waals surface area contributed by atoms with Crippen LogP contribution in [0.1, 0.15) is 37.5 Å². The van der Waals surface area contributed by atoms with Crippen LogP contribution >= 0.6 is 0 Å². The van der Waals surface area contributed by atoms with Crippen LogP contribution < -0.4 is 5.32 Å². The lowest BCUT2D eigenvalue weighted by Gasteiger charge is -2.18. The van der Waals surface area contributed by atoms with Crippen molar-refractivity contribution in [2.75, 3.05) is 5.32 Å². The summed E-state index contributed by atoms with van der Waals surface area (Å²) in [5.41, 5.74) is 3.36. The Bertz CT molecular complexity index is 679. The van der Waals surface area contributed by atoms with Crippen LogP contribution in [-0.4, -0.2) is 10.9 Å². The Morgan fingerprint density at radius 1 is 1.14 bits per heavy atom. The Balaban J connectivity index is 2.02. The van der Waals surface area contributed by atoms with Crippen LogP contribution in [0.3, 0.4) is 0 Å². The van der Waals surface area contributed by atoms with E-state index in [4.69, 9.17) is 0 Å². The summed E-state index contributed by atoms with van der Waals surface area (Å²) in [6.45, 7) is 8.46. The van der Waals surface area contributed by atoms with E-state index >= 15 is 0 Å².